The van der Waals surface area contributed by atoms with Crippen molar-refractivity contribution in [2.45, 2.75) is 39.2 Å². The number of rotatable bonds is 12. The van der Waals surface area contributed by atoms with Crippen molar-refractivity contribution in [1.29, 1.82) is 0 Å². The largest absolute Gasteiger partial charge is 0.493 e. The summed E-state index contributed by atoms with van der Waals surface area (Å²) in [6.07, 6.45) is 5.31. The highest BCUT2D eigenvalue weighted by atomic mass is 16.5. The zero-order valence-corrected chi connectivity index (χ0v) is 20.4. The van der Waals surface area contributed by atoms with Crippen LogP contribution in [0.1, 0.15) is 40.2 Å². The maximum atomic E-state index is 12.5. The first-order chi connectivity index (χ1) is 17.2. The van der Waals surface area contributed by atoms with E-state index < -0.39 is 0 Å². The summed E-state index contributed by atoms with van der Waals surface area (Å²) in [6.45, 7) is 7.89. The summed E-state index contributed by atoms with van der Waals surface area (Å²) in [4.78, 5) is 17.4. The summed E-state index contributed by atoms with van der Waals surface area (Å²) >= 11 is 0. The topological polar surface area (TPSA) is 56.1 Å². The Hall–Kier alpha value is -3.86. The van der Waals surface area contributed by atoms with Crippen molar-refractivity contribution in [2.24, 2.45) is 0 Å². The number of amides is 1. The normalized spacial score (nSPS) is 10.9. The summed E-state index contributed by atoms with van der Waals surface area (Å²) in [7, 11) is 0. The average molecular weight is 468 g/mol. The number of hydrogen-bond donors (Lipinski definition) is 1. The molecule has 0 aliphatic rings. The summed E-state index contributed by atoms with van der Waals surface area (Å²) in [5.74, 6) is 1.88. The van der Waals surface area contributed by atoms with Crippen LogP contribution in [0.5, 0.6) is 5.75 Å². The van der Waals surface area contributed by atoms with Gasteiger partial charge in [0.2, 0.25) is 0 Å². The second-order valence-electron chi connectivity index (χ2n) is 8.70. The van der Waals surface area contributed by atoms with E-state index in [1.54, 1.807) is 0 Å². The number of unbranched alkanes of at least 4 members (excludes halogenated alkanes) is 1. The Morgan fingerprint density at radius 3 is 2.74 bits per heavy atom. The van der Waals surface area contributed by atoms with Gasteiger partial charge in [0, 0.05) is 25.1 Å². The van der Waals surface area contributed by atoms with Gasteiger partial charge in [0.15, 0.2) is 0 Å². The van der Waals surface area contributed by atoms with Crippen LogP contribution in [0.3, 0.4) is 0 Å². The minimum atomic E-state index is -0.0507. The number of nitrogens with one attached hydrogen (secondary N) is 1. The number of aromatic nitrogens is 2. The molecule has 0 saturated carbocycles. The predicted octanol–water partition coefficient (Wildman–Crippen LogP) is 5.90. The van der Waals surface area contributed by atoms with Gasteiger partial charge in [-0.05, 0) is 62.1 Å². The fourth-order valence-corrected chi connectivity index (χ4v) is 4.26. The van der Waals surface area contributed by atoms with Gasteiger partial charge in [-0.1, -0.05) is 54.1 Å². The molecule has 0 saturated heterocycles. The molecule has 0 fully saturated rings. The highest BCUT2D eigenvalue weighted by molar-refractivity contribution is 5.94. The van der Waals surface area contributed by atoms with E-state index >= 15 is 0 Å². The molecule has 3 aromatic carbocycles. The molecule has 1 aromatic heterocycles. The number of imidazole rings is 1. The van der Waals surface area contributed by atoms with Gasteiger partial charge in [-0.25, -0.2) is 4.98 Å². The van der Waals surface area contributed by atoms with Gasteiger partial charge in [0.1, 0.15) is 11.6 Å². The minimum absolute atomic E-state index is 0.0507. The second-order valence-corrected chi connectivity index (χ2v) is 8.70. The fourth-order valence-electron chi connectivity index (χ4n) is 4.26. The number of ether oxygens (including phenoxy) is 1. The third-order valence-corrected chi connectivity index (χ3v) is 6.02. The van der Waals surface area contributed by atoms with Crippen LogP contribution in [0, 0.1) is 6.92 Å². The van der Waals surface area contributed by atoms with Crippen molar-refractivity contribution >= 4 is 16.9 Å². The molecule has 1 N–H and O–H groups in total. The first kappa shape index (κ1) is 24.3. The molecule has 4 rings (SSSR count). The summed E-state index contributed by atoms with van der Waals surface area (Å²) in [5, 5.41) is 3.04. The van der Waals surface area contributed by atoms with Gasteiger partial charge >= 0.3 is 0 Å². The van der Waals surface area contributed by atoms with Crippen molar-refractivity contribution in [2.75, 3.05) is 13.2 Å². The molecule has 0 spiro atoms. The molecule has 0 aliphatic heterocycles. The maximum absolute atomic E-state index is 12.5. The zero-order valence-electron chi connectivity index (χ0n) is 20.4. The van der Waals surface area contributed by atoms with E-state index in [1.807, 2.05) is 73.7 Å². The van der Waals surface area contributed by atoms with Crippen molar-refractivity contribution in [1.82, 2.24) is 14.9 Å². The first-order valence-electron chi connectivity index (χ1n) is 12.3. The second kappa shape index (κ2) is 12.0. The number of aryl methyl sites for hydroxylation is 2. The Bertz CT molecular complexity index is 1290. The molecule has 35 heavy (non-hydrogen) atoms. The van der Waals surface area contributed by atoms with Crippen LogP contribution < -0.4 is 10.1 Å². The quantitative estimate of drug-likeness (QED) is 0.208. The molecule has 5 heteroatoms. The summed E-state index contributed by atoms with van der Waals surface area (Å²) < 4.78 is 8.33. The molecule has 5 nitrogen and oxygen atoms in total. The number of nitrogens with zero attached hydrogens (tertiary/aromatic N) is 2. The zero-order chi connectivity index (χ0) is 24.5. The van der Waals surface area contributed by atoms with Gasteiger partial charge in [0.25, 0.3) is 5.91 Å². The SMILES string of the molecule is C=CCc1ccccc1OCCCCn1c(CCNC(=O)c2cccc(C)c2)nc2ccccc21. The molecule has 0 atom stereocenters. The van der Waals surface area contributed by atoms with E-state index in [2.05, 4.69) is 28.6 Å². The van der Waals surface area contributed by atoms with E-state index in [-0.39, 0.29) is 5.91 Å². The van der Waals surface area contributed by atoms with E-state index in [9.17, 15) is 4.79 Å². The van der Waals surface area contributed by atoms with Crippen molar-refractivity contribution in [3.05, 3.63) is 108 Å². The van der Waals surface area contributed by atoms with Crippen molar-refractivity contribution in [3.63, 3.8) is 0 Å². The van der Waals surface area contributed by atoms with Gasteiger partial charge < -0.3 is 14.6 Å². The van der Waals surface area contributed by atoms with Crippen molar-refractivity contribution in [3.8, 4) is 5.75 Å². The Morgan fingerprint density at radius 1 is 1.06 bits per heavy atom. The van der Waals surface area contributed by atoms with E-state index in [0.717, 1.165) is 59.5 Å². The minimum Gasteiger partial charge on any atom is -0.493 e. The number of allylic oxidation sites excluding steroid dienone is 1. The molecule has 1 heterocycles. The van der Waals surface area contributed by atoms with Crippen LogP contribution >= 0.6 is 0 Å². The Balaban J connectivity index is 1.33. The van der Waals surface area contributed by atoms with Crippen LogP contribution in [-0.4, -0.2) is 28.6 Å². The van der Waals surface area contributed by atoms with Gasteiger partial charge in [-0.2, -0.15) is 0 Å². The van der Waals surface area contributed by atoms with Crippen LogP contribution in [0.15, 0.2) is 85.5 Å². The number of para-hydroxylation sites is 3. The molecule has 0 unspecified atom stereocenters. The molecule has 0 bridgehead atoms. The van der Waals surface area contributed by atoms with E-state index in [4.69, 9.17) is 9.72 Å². The third kappa shape index (κ3) is 6.38. The van der Waals surface area contributed by atoms with Crippen LogP contribution in [0.25, 0.3) is 11.0 Å². The maximum Gasteiger partial charge on any atom is 0.251 e. The Labute approximate surface area is 207 Å². The number of carbonyl (C=O) groups is 1. The Morgan fingerprint density at radius 2 is 1.89 bits per heavy atom. The average Bonchev–Trinajstić information content (AvgIpc) is 3.22. The molecule has 0 radical (unpaired) electrons. The monoisotopic (exact) mass is 467 g/mol. The number of hydrogen-bond acceptors (Lipinski definition) is 3. The number of fused-ring (bicyclic) bond motifs is 1. The lowest BCUT2D eigenvalue weighted by molar-refractivity contribution is 0.0954. The van der Waals surface area contributed by atoms with Crippen LogP contribution in [0.2, 0.25) is 0 Å². The number of carbonyl (C=O) groups excluding carboxylic acids is 1. The Kier molecular flexibility index (Phi) is 8.34. The van der Waals surface area contributed by atoms with Gasteiger partial charge in [-0.3, -0.25) is 4.79 Å². The third-order valence-electron chi connectivity index (χ3n) is 6.02. The van der Waals surface area contributed by atoms with Crippen LogP contribution in [-0.2, 0) is 19.4 Å². The van der Waals surface area contributed by atoms with E-state index in [1.165, 1.54) is 0 Å². The lowest BCUT2D eigenvalue weighted by Gasteiger charge is -2.12. The van der Waals surface area contributed by atoms with Crippen molar-refractivity contribution < 1.29 is 9.53 Å². The lowest BCUT2D eigenvalue weighted by atomic mass is 10.1. The smallest absolute Gasteiger partial charge is 0.251 e. The van der Waals surface area contributed by atoms with E-state index in [0.29, 0.717) is 25.1 Å². The molecular weight excluding hydrogens is 434 g/mol. The highest BCUT2D eigenvalue weighted by Crippen LogP contribution is 2.20. The summed E-state index contributed by atoms with van der Waals surface area (Å²) in [6, 6.07) is 24.0. The standard InChI is InChI=1S/C30H33N3O2/c1-3-11-24-13-4-7-17-28(24)35-21-9-8-20-33-27-16-6-5-15-26(27)32-29(33)18-19-31-30(34)25-14-10-12-23(2)22-25/h3-7,10,12-17,22H,1,8-9,11,18-21H2,2H3,(H,31,34). The predicted molar refractivity (Wildman–Crippen MR) is 142 cm³/mol. The fraction of sp³-hybridized carbons (Fsp3) is 0.267. The van der Waals surface area contributed by atoms with Crippen LogP contribution in [0.4, 0.5) is 0 Å². The molecular formula is C30H33N3O2. The first-order valence-corrected chi connectivity index (χ1v) is 12.3. The molecule has 180 valence electrons. The molecule has 4 aromatic rings. The lowest BCUT2D eigenvalue weighted by Crippen LogP contribution is -2.26. The highest BCUT2D eigenvalue weighted by Gasteiger charge is 2.12. The molecule has 0 aliphatic carbocycles. The van der Waals surface area contributed by atoms with Gasteiger partial charge in [-0.15, -0.1) is 6.58 Å². The number of benzene rings is 3. The summed E-state index contributed by atoms with van der Waals surface area (Å²) in [5.41, 5.74) is 5.05. The molecule has 1 amide bonds. The van der Waals surface area contributed by atoms with Gasteiger partial charge in [0.05, 0.1) is 17.6 Å².